The van der Waals surface area contributed by atoms with Gasteiger partial charge in [-0.2, -0.15) is 0 Å². The average Bonchev–Trinajstić information content (AvgIpc) is 3.93. The standard InChI is InChI=1S/C42H24S4/c1-3-7-25(8-4-1)35-19-21-37(43-35)39-23-27-11-13-31-29-16-18-34-32(30(29)15-17-33(31)41(27)45-39)14-12-28-24-40(46-42(28)34)38-22-20-36(44-38)26-9-5-2-6-10-26/h1-24H. The maximum absolute atomic E-state index is 2.37. The Kier molecular flexibility index (Phi) is 6.06. The minimum atomic E-state index is 1.28. The van der Waals surface area contributed by atoms with Gasteiger partial charge in [0.1, 0.15) is 0 Å². The summed E-state index contributed by atoms with van der Waals surface area (Å²) < 4.78 is 2.74. The second-order valence-electron chi connectivity index (χ2n) is 11.7. The van der Waals surface area contributed by atoms with Gasteiger partial charge < -0.3 is 0 Å². The Morgan fingerprint density at radius 3 is 1.09 bits per heavy atom. The first-order valence-electron chi connectivity index (χ1n) is 15.3. The second kappa shape index (κ2) is 10.5. The van der Waals surface area contributed by atoms with Crippen LogP contribution in [0.2, 0.25) is 0 Å². The van der Waals surface area contributed by atoms with Crippen LogP contribution in [-0.2, 0) is 0 Å². The van der Waals surface area contributed by atoms with E-state index in [0.29, 0.717) is 0 Å². The van der Waals surface area contributed by atoms with Gasteiger partial charge in [0.05, 0.1) is 0 Å². The molecule has 0 amide bonds. The molecule has 0 saturated carbocycles. The lowest BCUT2D eigenvalue weighted by molar-refractivity contribution is 1.70. The van der Waals surface area contributed by atoms with Crippen LogP contribution in [-0.4, -0.2) is 0 Å². The second-order valence-corrected chi connectivity index (χ2v) is 15.9. The van der Waals surface area contributed by atoms with Gasteiger partial charge in [0, 0.05) is 49.4 Å². The van der Waals surface area contributed by atoms with Gasteiger partial charge >= 0.3 is 0 Å². The van der Waals surface area contributed by atoms with Crippen molar-refractivity contribution in [1.29, 1.82) is 0 Å². The predicted molar refractivity (Wildman–Crippen MR) is 207 cm³/mol. The average molecular weight is 657 g/mol. The summed E-state index contributed by atoms with van der Waals surface area (Å²) in [6.07, 6.45) is 0. The summed E-state index contributed by atoms with van der Waals surface area (Å²) in [7, 11) is 0. The predicted octanol–water partition coefficient (Wildman–Crippen LogP) is 14.4. The summed E-state index contributed by atoms with van der Waals surface area (Å²) in [5.74, 6) is 0. The molecule has 216 valence electrons. The lowest BCUT2D eigenvalue weighted by Crippen LogP contribution is -1.81. The van der Waals surface area contributed by atoms with E-state index in [-0.39, 0.29) is 0 Å². The monoisotopic (exact) mass is 656 g/mol. The molecule has 46 heavy (non-hydrogen) atoms. The van der Waals surface area contributed by atoms with E-state index in [4.69, 9.17) is 0 Å². The molecule has 4 heterocycles. The van der Waals surface area contributed by atoms with Crippen molar-refractivity contribution in [2.75, 3.05) is 0 Å². The van der Waals surface area contributed by atoms with Crippen molar-refractivity contribution in [1.82, 2.24) is 0 Å². The van der Waals surface area contributed by atoms with E-state index in [1.807, 2.05) is 45.3 Å². The van der Waals surface area contributed by atoms with Gasteiger partial charge in [0.25, 0.3) is 0 Å². The third-order valence-corrected chi connectivity index (χ3v) is 14.0. The molecule has 0 fully saturated rings. The Bertz CT molecular complexity index is 2550. The van der Waals surface area contributed by atoms with Crippen molar-refractivity contribution < 1.29 is 0 Å². The highest BCUT2D eigenvalue weighted by molar-refractivity contribution is 7.28. The maximum atomic E-state index is 2.37. The van der Waals surface area contributed by atoms with E-state index < -0.39 is 0 Å². The highest BCUT2D eigenvalue weighted by atomic mass is 32.1. The van der Waals surface area contributed by atoms with E-state index in [2.05, 4.69) is 146 Å². The van der Waals surface area contributed by atoms with E-state index in [9.17, 15) is 0 Å². The summed E-state index contributed by atoms with van der Waals surface area (Å²) in [5, 5.41) is 10.6. The molecule has 0 N–H and O–H groups in total. The van der Waals surface area contributed by atoms with Crippen LogP contribution in [0.3, 0.4) is 0 Å². The summed E-state index contributed by atoms with van der Waals surface area (Å²) >= 11 is 7.59. The number of rotatable bonds is 4. The van der Waals surface area contributed by atoms with Crippen LogP contribution in [0.1, 0.15) is 0 Å². The molecular formula is C42H24S4. The molecule has 0 aliphatic carbocycles. The molecule has 0 radical (unpaired) electrons. The van der Waals surface area contributed by atoms with Gasteiger partial charge in [0.2, 0.25) is 0 Å². The molecule has 0 bridgehead atoms. The molecule has 10 rings (SSSR count). The van der Waals surface area contributed by atoms with Gasteiger partial charge in [-0.1, -0.05) is 109 Å². The summed E-state index contributed by atoms with van der Waals surface area (Å²) in [5.41, 5.74) is 2.56. The molecule has 0 spiro atoms. The lowest BCUT2D eigenvalue weighted by atomic mass is 9.96. The Morgan fingerprint density at radius 2 is 0.630 bits per heavy atom. The molecule has 0 nitrogen and oxygen atoms in total. The molecule has 4 aromatic heterocycles. The molecule has 0 saturated heterocycles. The summed E-state index contributed by atoms with van der Waals surface area (Å²) in [4.78, 5) is 7.97. The van der Waals surface area contributed by atoms with Gasteiger partial charge in [-0.15, -0.1) is 45.3 Å². The van der Waals surface area contributed by atoms with Gasteiger partial charge in [0.15, 0.2) is 0 Å². The maximum Gasteiger partial charge on any atom is 0.0455 e. The van der Waals surface area contributed by atoms with Crippen LogP contribution in [0, 0.1) is 0 Å². The third-order valence-electron chi connectivity index (χ3n) is 8.97. The van der Waals surface area contributed by atoms with Gasteiger partial charge in [-0.25, -0.2) is 0 Å². The smallest absolute Gasteiger partial charge is 0.0455 e. The first-order chi connectivity index (χ1) is 22.8. The number of thiophene rings is 4. The highest BCUT2D eigenvalue weighted by Crippen LogP contribution is 2.46. The zero-order valence-corrected chi connectivity index (χ0v) is 27.8. The SMILES string of the molecule is c1ccc(-c2ccc(-c3cc4ccc5c6ccc7c(ccc8cc(-c9ccc(-c%10ccccc%10)s9)sc87)c6ccc5c4s3)s2)cc1. The van der Waals surface area contributed by atoms with Gasteiger partial charge in [-0.3, -0.25) is 0 Å². The topological polar surface area (TPSA) is 0 Å². The zero-order chi connectivity index (χ0) is 30.2. The zero-order valence-electron chi connectivity index (χ0n) is 24.5. The largest absolute Gasteiger partial charge is 0.134 e. The first kappa shape index (κ1) is 26.6. The van der Waals surface area contributed by atoms with Crippen molar-refractivity contribution >= 4 is 97.8 Å². The quantitative estimate of drug-likeness (QED) is 0.165. The van der Waals surface area contributed by atoms with Crippen molar-refractivity contribution in [2.45, 2.75) is 0 Å². The normalized spacial score (nSPS) is 11.9. The van der Waals surface area contributed by atoms with Crippen LogP contribution in [0.15, 0.2) is 146 Å². The van der Waals surface area contributed by atoms with Crippen molar-refractivity contribution in [3.63, 3.8) is 0 Å². The van der Waals surface area contributed by atoms with E-state index >= 15 is 0 Å². The molecule has 0 unspecified atom stereocenters. The molecule has 0 aliphatic rings. The summed E-state index contributed by atoms with van der Waals surface area (Å²) in [6.45, 7) is 0. The third kappa shape index (κ3) is 4.22. The number of benzene rings is 6. The number of fused-ring (bicyclic) bond motifs is 9. The molecule has 0 atom stereocenters. The van der Waals surface area contributed by atoms with Crippen molar-refractivity contribution in [3.8, 4) is 40.4 Å². The fraction of sp³-hybridized carbons (Fsp3) is 0. The Labute approximate surface area is 282 Å². The van der Waals surface area contributed by atoms with Crippen LogP contribution >= 0.6 is 45.3 Å². The van der Waals surface area contributed by atoms with Crippen LogP contribution in [0.4, 0.5) is 0 Å². The number of hydrogen-bond acceptors (Lipinski definition) is 4. The van der Waals surface area contributed by atoms with E-state index in [1.165, 1.54) is 92.9 Å². The molecule has 4 heteroatoms. The van der Waals surface area contributed by atoms with E-state index in [1.54, 1.807) is 0 Å². The molecular weight excluding hydrogens is 633 g/mol. The molecule has 6 aromatic carbocycles. The minimum Gasteiger partial charge on any atom is -0.134 e. The van der Waals surface area contributed by atoms with Crippen LogP contribution in [0.25, 0.3) is 92.9 Å². The Balaban J connectivity index is 1.07. The van der Waals surface area contributed by atoms with Crippen LogP contribution < -0.4 is 0 Å². The summed E-state index contributed by atoms with van der Waals surface area (Å²) in [6, 6.07) is 53.9. The fourth-order valence-corrected chi connectivity index (χ4v) is 11.3. The van der Waals surface area contributed by atoms with Gasteiger partial charge in [-0.05, 0) is 79.8 Å². The molecule has 10 aromatic rings. The van der Waals surface area contributed by atoms with Crippen LogP contribution in [0.5, 0.6) is 0 Å². The lowest BCUT2D eigenvalue weighted by Gasteiger charge is -2.09. The van der Waals surface area contributed by atoms with Crippen molar-refractivity contribution in [2.24, 2.45) is 0 Å². The molecule has 0 aliphatic heterocycles. The minimum absolute atomic E-state index is 1.28. The first-order valence-corrected chi connectivity index (χ1v) is 18.6. The highest BCUT2D eigenvalue weighted by Gasteiger charge is 2.15. The Hall–Kier alpha value is -4.58. The van der Waals surface area contributed by atoms with E-state index in [0.717, 1.165) is 0 Å². The van der Waals surface area contributed by atoms with Crippen molar-refractivity contribution in [3.05, 3.63) is 146 Å². The number of hydrogen-bond donors (Lipinski definition) is 0. The Morgan fingerprint density at radius 1 is 0.261 bits per heavy atom. The fourth-order valence-electron chi connectivity index (χ4n) is 6.73.